The lowest BCUT2D eigenvalue weighted by atomic mass is 10.3. The molecule has 0 bridgehead atoms. The standard InChI is InChI=1S/C13H20N2O/c1-3-5-9-16-13-7-6-12(15-11-13)10-14-8-4-2/h3,6-7,11,14H,1,4-5,8-10H2,2H3. The highest BCUT2D eigenvalue weighted by Crippen LogP contribution is 2.09. The Morgan fingerprint density at radius 2 is 2.38 bits per heavy atom. The maximum Gasteiger partial charge on any atom is 0.137 e. The molecule has 0 unspecified atom stereocenters. The molecule has 0 aliphatic rings. The normalized spacial score (nSPS) is 10.1. The Bertz CT molecular complexity index is 295. The molecular formula is C13H20N2O. The summed E-state index contributed by atoms with van der Waals surface area (Å²) >= 11 is 0. The van der Waals surface area contributed by atoms with Crippen molar-refractivity contribution in [1.29, 1.82) is 0 Å². The number of aromatic nitrogens is 1. The molecule has 0 radical (unpaired) electrons. The Kier molecular flexibility index (Phi) is 6.26. The highest BCUT2D eigenvalue weighted by atomic mass is 16.5. The molecule has 3 nitrogen and oxygen atoms in total. The average molecular weight is 220 g/mol. The van der Waals surface area contributed by atoms with Crippen molar-refractivity contribution in [2.45, 2.75) is 26.3 Å². The van der Waals surface area contributed by atoms with Gasteiger partial charge in [-0.1, -0.05) is 13.0 Å². The molecule has 0 aliphatic heterocycles. The molecule has 1 aromatic heterocycles. The number of ether oxygens (including phenoxy) is 1. The summed E-state index contributed by atoms with van der Waals surface area (Å²) in [5, 5.41) is 3.31. The molecule has 1 N–H and O–H groups in total. The third-order valence-corrected chi connectivity index (χ3v) is 2.12. The fourth-order valence-corrected chi connectivity index (χ4v) is 1.25. The van der Waals surface area contributed by atoms with Gasteiger partial charge >= 0.3 is 0 Å². The first-order chi connectivity index (χ1) is 7.86. The summed E-state index contributed by atoms with van der Waals surface area (Å²) in [5.41, 5.74) is 1.05. The first kappa shape index (κ1) is 12.7. The Balaban J connectivity index is 2.32. The van der Waals surface area contributed by atoms with Crippen LogP contribution in [0.3, 0.4) is 0 Å². The van der Waals surface area contributed by atoms with E-state index in [1.807, 2.05) is 18.2 Å². The maximum absolute atomic E-state index is 5.47. The Labute approximate surface area is 97.5 Å². The van der Waals surface area contributed by atoms with Gasteiger partial charge in [0.1, 0.15) is 5.75 Å². The number of hydrogen-bond donors (Lipinski definition) is 1. The van der Waals surface area contributed by atoms with E-state index in [4.69, 9.17) is 4.74 Å². The molecule has 0 fully saturated rings. The predicted octanol–water partition coefficient (Wildman–Crippen LogP) is 2.54. The van der Waals surface area contributed by atoms with Crippen LogP contribution in [0.4, 0.5) is 0 Å². The van der Waals surface area contributed by atoms with Gasteiger partial charge in [0, 0.05) is 6.54 Å². The van der Waals surface area contributed by atoms with Gasteiger partial charge in [0.15, 0.2) is 0 Å². The molecule has 0 aliphatic carbocycles. The minimum absolute atomic E-state index is 0.665. The lowest BCUT2D eigenvalue weighted by Crippen LogP contribution is -2.14. The van der Waals surface area contributed by atoms with Gasteiger partial charge in [-0.05, 0) is 31.5 Å². The maximum atomic E-state index is 5.47. The van der Waals surface area contributed by atoms with Gasteiger partial charge in [-0.15, -0.1) is 6.58 Å². The molecule has 1 rings (SSSR count). The molecule has 0 amide bonds. The van der Waals surface area contributed by atoms with Gasteiger partial charge < -0.3 is 10.1 Å². The number of rotatable bonds is 8. The fraction of sp³-hybridized carbons (Fsp3) is 0.462. The van der Waals surface area contributed by atoms with Crippen molar-refractivity contribution in [2.75, 3.05) is 13.2 Å². The zero-order valence-electron chi connectivity index (χ0n) is 9.91. The van der Waals surface area contributed by atoms with E-state index in [1.54, 1.807) is 6.20 Å². The SMILES string of the molecule is C=CCCOc1ccc(CNCCC)nc1. The molecule has 16 heavy (non-hydrogen) atoms. The van der Waals surface area contributed by atoms with Crippen LogP contribution in [-0.4, -0.2) is 18.1 Å². The topological polar surface area (TPSA) is 34.1 Å². The predicted molar refractivity (Wildman–Crippen MR) is 66.5 cm³/mol. The van der Waals surface area contributed by atoms with Crippen molar-refractivity contribution >= 4 is 0 Å². The Morgan fingerprint density at radius 1 is 1.50 bits per heavy atom. The fourth-order valence-electron chi connectivity index (χ4n) is 1.25. The quantitative estimate of drug-likeness (QED) is 0.540. The minimum Gasteiger partial charge on any atom is -0.492 e. The van der Waals surface area contributed by atoms with E-state index in [9.17, 15) is 0 Å². The number of hydrogen-bond acceptors (Lipinski definition) is 3. The van der Waals surface area contributed by atoms with E-state index in [0.29, 0.717) is 6.61 Å². The van der Waals surface area contributed by atoms with Crippen molar-refractivity contribution in [2.24, 2.45) is 0 Å². The summed E-state index contributed by atoms with van der Waals surface area (Å²) in [4.78, 5) is 4.32. The Hall–Kier alpha value is -1.35. The van der Waals surface area contributed by atoms with E-state index in [1.165, 1.54) is 0 Å². The van der Waals surface area contributed by atoms with Crippen LogP contribution in [0, 0.1) is 0 Å². The summed E-state index contributed by atoms with van der Waals surface area (Å²) in [5.74, 6) is 0.820. The van der Waals surface area contributed by atoms with Gasteiger partial charge in [0.25, 0.3) is 0 Å². The molecule has 1 heterocycles. The van der Waals surface area contributed by atoms with E-state index in [2.05, 4.69) is 23.8 Å². The van der Waals surface area contributed by atoms with Crippen LogP contribution >= 0.6 is 0 Å². The van der Waals surface area contributed by atoms with E-state index < -0.39 is 0 Å². The molecule has 3 heteroatoms. The third-order valence-electron chi connectivity index (χ3n) is 2.12. The van der Waals surface area contributed by atoms with Gasteiger partial charge in [0.05, 0.1) is 18.5 Å². The van der Waals surface area contributed by atoms with Crippen LogP contribution in [0.1, 0.15) is 25.5 Å². The zero-order chi connectivity index (χ0) is 11.6. The summed E-state index contributed by atoms with van der Waals surface area (Å²) in [6, 6.07) is 3.95. The Morgan fingerprint density at radius 3 is 3.00 bits per heavy atom. The smallest absolute Gasteiger partial charge is 0.137 e. The summed E-state index contributed by atoms with van der Waals surface area (Å²) in [6.07, 6.45) is 5.62. The van der Waals surface area contributed by atoms with Crippen LogP contribution in [-0.2, 0) is 6.54 Å². The van der Waals surface area contributed by atoms with Crippen molar-refractivity contribution in [3.8, 4) is 5.75 Å². The largest absolute Gasteiger partial charge is 0.492 e. The van der Waals surface area contributed by atoms with Crippen LogP contribution < -0.4 is 10.1 Å². The van der Waals surface area contributed by atoms with Crippen molar-refractivity contribution in [1.82, 2.24) is 10.3 Å². The molecule has 0 spiro atoms. The van der Waals surface area contributed by atoms with Gasteiger partial charge in [-0.25, -0.2) is 0 Å². The molecule has 88 valence electrons. The molecular weight excluding hydrogens is 200 g/mol. The summed E-state index contributed by atoms with van der Waals surface area (Å²) in [7, 11) is 0. The zero-order valence-corrected chi connectivity index (χ0v) is 9.91. The first-order valence-corrected chi connectivity index (χ1v) is 5.76. The van der Waals surface area contributed by atoms with Crippen LogP contribution in [0.15, 0.2) is 31.0 Å². The second-order valence-electron chi connectivity index (χ2n) is 3.59. The van der Waals surface area contributed by atoms with E-state index in [0.717, 1.165) is 37.4 Å². The van der Waals surface area contributed by atoms with E-state index in [-0.39, 0.29) is 0 Å². The molecule has 0 saturated heterocycles. The van der Waals surface area contributed by atoms with Crippen LogP contribution in [0.25, 0.3) is 0 Å². The molecule has 0 atom stereocenters. The van der Waals surface area contributed by atoms with Gasteiger partial charge in [0.2, 0.25) is 0 Å². The summed E-state index contributed by atoms with van der Waals surface area (Å²) < 4.78 is 5.47. The van der Waals surface area contributed by atoms with Gasteiger partial charge in [-0.3, -0.25) is 4.98 Å². The summed E-state index contributed by atoms with van der Waals surface area (Å²) in [6.45, 7) is 8.31. The third kappa shape index (κ3) is 4.94. The molecule has 0 saturated carbocycles. The number of nitrogens with zero attached hydrogens (tertiary/aromatic N) is 1. The van der Waals surface area contributed by atoms with Crippen molar-refractivity contribution in [3.05, 3.63) is 36.7 Å². The highest BCUT2D eigenvalue weighted by molar-refractivity contribution is 5.19. The van der Waals surface area contributed by atoms with E-state index >= 15 is 0 Å². The number of pyridine rings is 1. The van der Waals surface area contributed by atoms with Crippen molar-refractivity contribution in [3.63, 3.8) is 0 Å². The van der Waals surface area contributed by atoms with Crippen LogP contribution in [0.2, 0.25) is 0 Å². The molecule has 1 aromatic rings. The number of nitrogens with one attached hydrogen (secondary N) is 1. The lowest BCUT2D eigenvalue weighted by Gasteiger charge is -2.05. The lowest BCUT2D eigenvalue weighted by molar-refractivity contribution is 0.323. The van der Waals surface area contributed by atoms with Crippen molar-refractivity contribution < 1.29 is 4.74 Å². The second kappa shape index (κ2) is 7.88. The van der Waals surface area contributed by atoms with Gasteiger partial charge in [-0.2, -0.15) is 0 Å². The second-order valence-corrected chi connectivity index (χ2v) is 3.59. The van der Waals surface area contributed by atoms with Crippen LogP contribution in [0.5, 0.6) is 5.75 Å². The monoisotopic (exact) mass is 220 g/mol. The molecule has 0 aromatic carbocycles. The highest BCUT2D eigenvalue weighted by Gasteiger charge is 1.96. The first-order valence-electron chi connectivity index (χ1n) is 5.76. The minimum atomic E-state index is 0.665. The average Bonchev–Trinajstić information content (AvgIpc) is 2.32.